The number of nitrogens with one attached hydrogen (secondary N) is 1. The molecular weight excluding hydrogens is 478 g/mol. The fraction of sp³-hybridized carbons (Fsp3) is 0.241. The molecule has 0 spiro atoms. The SMILES string of the molecule is COCc1nn(Cc2ccc(Cn3cc(C)cn3)cc2)cc1C(=O)NCc1ccc2c(N)nccc2c1C. The molecule has 9 heteroatoms. The molecule has 9 nitrogen and oxygen atoms in total. The number of nitrogens with two attached hydrogens (primary N) is 1. The molecule has 0 saturated carbocycles. The van der Waals surface area contributed by atoms with E-state index in [4.69, 9.17) is 10.5 Å². The third-order valence-corrected chi connectivity index (χ3v) is 6.64. The quantitative estimate of drug-likeness (QED) is 0.311. The van der Waals surface area contributed by atoms with E-state index in [9.17, 15) is 4.79 Å². The first-order valence-corrected chi connectivity index (χ1v) is 12.4. The molecular formula is C29H31N7O2. The Hall–Kier alpha value is -4.50. The number of ether oxygens (including phenoxy) is 1. The maximum atomic E-state index is 13.2. The molecule has 5 rings (SSSR count). The van der Waals surface area contributed by atoms with Gasteiger partial charge in [0.25, 0.3) is 5.91 Å². The summed E-state index contributed by atoms with van der Waals surface area (Å²) in [5.41, 5.74) is 12.6. The molecule has 3 aromatic heterocycles. The first kappa shape index (κ1) is 25.2. The van der Waals surface area contributed by atoms with Crippen molar-refractivity contribution < 1.29 is 9.53 Å². The van der Waals surface area contributed by atoms with Gasteiger partial charge in [-0.1, -0.05) is 36.4 Å². The number of carbonyl (C=O) groups excluding carboxylic acids is 1. The van der Waals surface area contributed by atoms with Crippen molar-refractivity contribution in [1.82, 2.24) is 29.9 Å². The Morgan fingerprint density at radius 2 is 1.71 bits per heavy atom. The van der Waals surface area contributed by atoms with Gasteiger partial charge in [0.1, 0.15) is 11.5 Å². The second kappa shape index (κ2) is 10.9. The number of amides is 1. The van der Waals surface area contributed by atoms with Crippen LogP contribution in [0.1, 0.15) is 43.9 Å². The van der Waals surface area contributed by atoms with Crippen molar-refractivity contribution in [3.63, 3.8) is 0 Å². The Kier molecular flexibility index (Phi) is 7.19. The fourth-order valence-corrected chi connectivity index (χ4v) is 4.59. The first-order valence-electron chi connectivity index (χ1n) is 12.4. The van der Waals surface area contributed by atoms with E-state index >= 15 is 0 Å². The molecule has 3 heterocycles. The van der Waals surface area contributed by atoms with E-state index in [0.29, 0.717) is 30.2 Å². The standard InChI is InChI=1S/C29H31N7O2/c1-19-12-33-35(14-19)15-21-4-6-22(7-5-21)16-36-17-26(27(34-36)18-38-3)29(37)32-13-23-8-9-25-24(20(23)2)10-11-31-28(25)30/h4-12,14,17H,13,15-16,18H2,1-3H3,(H2,30,31)(H,32,37). The summed E-state index contributed by atoms with van der Waals surface area (Å²) in [5, 5.41) is 14.0. The van der Waals surface area contributed by atoms with Crippen LogP contribution in [0.4, 0.5) is 5.82 Å². The lowest BCUT2D eigenvalue weighted by Crippen LogP contribution is -2.24. The van der Waals surface area contributed by atoms with Crippen LogP contribution in [-0.4, -0.2) is 37.6 Å². The second-order valence-corrected chi connectivity index (χ2v) is 9.48. The van der Waals surface area contributed by atoms with Crippen molar-refractivity contribution in [3.05, 3.63) is 106 Å². The summed E-state index contributed by atoms with van der Waals surface area (Å²) in [6.45, 7) is 5.96. The van der Waals surface area contributed by atoms with Gasteiger partial charge in [-0.3, -0.25) is 14.2 Å². The lowest BCUT2D eigenvalue weighted by Gasteiger charge is -2.11. The number of aryl methyl sites for hydroxylation is 2. The van der Waals surface area contributed by atoms with E-state index < -0.39 is 0 Å². The number of nitrogens with zero attached hydrogens (tertiary/aromatic N) is 5. The number of nitrogen functional groups attached to an aromatic ring is 1. The van der Waals surface area contributed by atoms with Gasteiger partial charge < -0.3 is 15.8 Å². The maximum Gasteiger partial charge on any atom is 0.255 e. The molecule has 194 valence electrons. The van der Waals surface area contributed by atoms with Crippen LogP contribution < -0.4 is 11.1 Å². The van der Waals surface area contributed by atoms with Crippen molar-refractivity contribution in [2.75, 3.05) is 12.8 Å². The van der Waals surface area contributed by atoms with Crippen molar-refractivity contribution in [1.29, 1.82) is 0 Å². The fourth-order valence-electron chi connectivity index (χ4n) is 4.59. The first-order chi connectivity index (χ1) is 18.4. The van der Waals surface area contributed by atoms with Crippen LogP contribution in [0.5, 0.6) is 0 Å². The zero-order valence-electron chi connectivity index (χ0n) is 21.8. The van der Waals surface area contributed by atoms with E-state index in [1.165, 1.54) is 5.56 Å². The molecule has 0 atom stereocenters. The number of aromatic nitrogens is 5. The van der Waals surface area contributed by atoms with Gasteiger partial charge in [0, 0.05) is 37.6 Å². The van der Waals surface area contributed by atoms with E-state index in [1.807, 2.05) is 49.1 Å². The van der Waals surface area contributed by atoms with E-state index in [1.54, 1.807) is 24.2 Å². The van der Waals surface area contributed by atoms with Gasteiger partial charge in [0.2, 0.25) is 0 Å². The van der Waals surface area contributed by atoms with Crippen molar-refractivity contribution in [2.45, 2.75) is 40.1 Å². The smallest absolute Gasteiger partial charge is 0.255 e. The lowest BCUT2D eigenvalue weighted by molar-refractivity contribution is 0.0946. The molecule has 0 unspecified atom stereocenters. The summed E-state index contributed by atoms with van der Waals surface area (Å²) in [5.74, 6) is 0.308. The third-order valence-electron chi connectivity index (χ3n) is 6.64. The minimum Gasteiger partial charge on any atom is -0.383 e. The largest absolute Gasteiger partial charge is 0.383 e. The van der Waals surface area contributed by atoms with Crippen LogP contribution >= 0.6 is 0 Å². The Labute approximate surface area is 221 Å². The predicted octanol–water partition coefficient (Wildman–Crippen LogP) is 4.00. The maximum absolute atomic E-state index is 13.2. The van der Waals surface area contributed by atoms with Gasteiger partial charge in [-0.05, 0) is 53.1 Å². The average Bonchev–Trinajstić information content (AvgIpc) is 3.50. The summed E-state index contributed by atoms with van der Waals surface area (Å²) in [6.07, 6.45) is 7.36. The molecule has 0 aliphatic rings. The minimum atomic E-state index is -0.193. The molecule has 0 bridgehead atoms. The molecule has 0 radical (unpaired) electrons. The Balaban J connectivity index is 1.28. The minimum absolute atomic E-state index is 0.193. The third kappa shape index (κ3) is 5.42. The summed E-state index contributed by atoms with van der Waals surface area (Å²) in [4.78, 5) is 17.3. The molecule has 0 saturated heterocycles. The van der Waals surface area contributed by atoms with Crippen LogP contribution in [0.3, 0.4) is 0 Å². The highest BCUT2D eigenvalue weighted by Crippen LogP contribution is 2.25. The highest BCUT2D eigenvalue weighted by Gasteiger charge is 2.17. The summed E-state index contributed by atoms with van der Waals surface area (Å²) < 4.78 is 9.02. The molecule has 0 aliphatic heterocycles. The van der Waals surface area contributed by atoms with Crippen LogP contribution in [0, 0.1) is 13.8 Å². The lowest BCUT2D eigenvalue weighted by atomic mass is 10.0. The number of carbonyl (C=O) groups is 1. The number of hydrogen-bond donors (Lipinski definition) is 2. The zero-order valence-corrected chi connectivity index (χ0v) is 21.8. The van der Waals surface area contributed by atoms with Gasteiger partial charge >= 0.3 is 0 Å². The number of fused-ring (bicyclic) bond motifs is 1. The highest BCUT2D eigenvalue weighted by atomic mass is 16.5. The monoisotopic (exact) mass is 509 g/mol. The average molecular weight is 510 g/mol. The Morgan fingerprint density at radius 3 is 2.39 bits per heavy atom. The number of methoxy groups -OCH3 is 1. The Morgan fingerprint density at radius 1 is 0.974 bits per heavy atom. The van der Waals surface area contributed by atoms with Gasteiger partial charge in [-0.2, -0.15) is 10.2 Å². The van der Waals surface area contributed by atoms with Gasteiger partial charge in [-0.25, -0.2) is 4.98 Å². The summed E-state index contributed by atoms with van der Waals surface area (Å²) in [6, 6.07) is 14.2. The van der Waals surface area contributed by atoms with Crippen LogP contribution in [0.15, 0.2) is 67.3 Å². The van der Waals surface area contributed by atoms with Crippen LogP contribution in [0.2, 0.25) is 0 Å². The topological polar surface area (TPSA) is 113 Å². The molecule has 0 fully saturated rings. The van der Waals surface area contributed by atoms with Gasteiger partial charge in [0.05, 0.1) is 31.5 Å². The van der Waals surface area contributed by atoms with Gasteiger partial charge in [-0.15, -0.1) is 0 Å². The van der Waals surface area contributed by atoms with Crippen molar-refractivity contribution in [2.24, 2.45) is 0 Å². The summed E-state index contributed by atoms with van der Waals surface area (Å²) >= 11 is 0. The zero-order chi connectivity index (χ0) is 26.6. The number of hydrogen-bond acceptors (Lipinski definition) is 6. The van der Waals surface area contributed by atoms with E-state index in [-0.39, 0.29) is 12.5 Å². The van der Waals surface area contributed by atoms with Crippen LogP contribution in [0.25, 0.3) is 10.8 Å². The molecule has 38 heavy (non-hydrogen) atoms. The number of benzene rings is 2. The van der Waals surface area contributed by atoms with E-state index in [2.05, 4.69) is 44.8 Å². The summed E-state index contributed by atoms with van der Waals surface area (Å²) in [7, 11) is 1.60. The normalized spacial score (nSPS) is 11.2. The van der Waals surface area contributed by atoms with Crippen LogP contribution in [-0.2, 0) is 31.0 Å². The van der Waals surface area contributed by atoms with Crippen molar-refractivity contribution in [3.8, 4) is 0 Å². The molecule has 5 aromatic rings. The van der Waals surface area contributed by atoms with E-state index in [0.717, 1.165) is 39.6 Å². The number of rotatable bonds is 9. The highest BCUT2D eigenvalue weighted by molar-refractivity contribution is 5.96. The number of anilines is 1. The predicted molar refractivity (Wildman–Crippen MR) is 147 cm³/mol. The Bertz CT molecular complexity index is 1580. The molecule has 0 aliphatic carbocycles. The molecule has 2 aromatic carbocycles. The van der Waals surface area contributed by atoms with Crippen molar-refractivity contribution >= 4 is 22.5 Å². The molecule has 1 amide bonds. The molecule has 3 N–H and O–H groups in total. The second-order valence-electron chi connectivity index (χ2n) is 9.48. The van der Waals surface area contributed by atoms with Gasteiger partial charge in [0.15, 0.2) is 0 Å². The number of pyridine rings is 1.